The zero-order valence-corrected chi connectivity index (χ0v) is 11.7. The maximum absolute atomic E-state index is 11.0. The van der Waals surface area contributed by atoms with Gasteiger partial charge in [0.1, 0.15) is 11.6 Å². The van der Waals surface area contributed by atoms with E-state index in [1.807, 2.05) is 24.3 Å². The average molecular weight is 302 g/mol. The first-order valence-corrected chi connectivity index (χ1v) is 7.79. The Morgan fingerprint density at radius 2 is 1.95 bits per heavy atom. The van der Waals surface area contributed by atoms with Gasteiger partial charge in [0.05, 0.1) is 7.11 Å². The minimum Gasteiger partial charge on any atom is -0.497 e. The van der Waals surface area contributed by atoms with Crippen molar-refractivity contribution in [2.24, 2.45) is 0 Å². The van der Waals surface area contributed by atoms with Crippen LogP contribution in [0.4, 0.5) is 0 Å². The third-order valence-electron chi connectivity index (χ3n) is 2.54. The van der Waals surface area contributed by atoms with E-state index in [1.54, 1.807) is 7.11 Å². The molecule has 1 N–H and O–H groups in total. The summed E-state index contributed by atoms with van der Waals surface area (Å²) in [5, 5.41) is 5.72. The van der Waals surface area contributed by atoms with E-state index in [1.165, 1.54) is 0 Å². The van der Waals surface area contributed by atoms with Gasteiger partial charge in [-0.1, -0.05) is 12.1 Å². The van der Waals surface area contributed by atoms with E-state index >= 15 is 0 Å². The lowest BCUT2D eigenvalue weighted by atomic mass is 10.1. The van der Waals surface area contributed by atoms with Crippen molar-refractivity contribution in [1.29, 1.82) is 0 Å². The minimum absolute atomic E-state index is 0.390. The Kier molecular flexibility index (Phi) is 4.06. The van der Waals surface area contributed by atoms with E-state index in [4.69, 9.17) is 15.4 Å². The van der Waals surface area contributed by atoms with Crippen LogP contribution in [0.3, 0.4) is 0 Å². The van der Waals surface area contributed by atoms with E-state index in [0.29, 0.717) is 18.7 Å². The number of aromatic amines is 1. The number of benzene rings is 1. The number of hydrogen-bond donors (Lipinski definition) is 1. The van der Waals surface area contributed by atoms with Gasteiger partial charge in [0.2, 0.25) is 0 Å². The molecule has 1 heterocycles. The molecule has 0 saturated heterocycles. The monoisotopic (exact) mass is 301 g/mol. The molecule has 0 fully saturated rings. The van der Waals surface area contributed by atoms with E-state index in [-0.39, 0.29) is 5.16 Å². The highest BCUT2D eigenvalue weighted by Gasteiger charge is 2.16. The summed E-state index contributed by atoms with van der Waals surface area (Å²) in [5.74, 6) is 1.27. The zero-order valence-electron chi connectivity index (χ0n) is 10.1. The van der Waals surface area contributed by atoms with Gasteiger partial charge in [-0.3, -0.25) is 5.10 Å². The molecular formula is C11H12ClN3O3S. The summed E-state index contributed by atoms with van der Waals surface area (Å²) >= 11 is 0. The van der Waals surface area contributed by atoms with E-state index in [9.17, 15) is 8.42 Å². The highest BCUT2D eigenvalue weighted by Crippen LogP contribution is 2.13. The molecule has 2 aromatic rings. The molecule has 0 aliphatic rings. The first kappa shape index (κ1) is 13.8. The van der Waals surface area contributed by atoms with Crippen LogP contribution in [0.15, 0.2) is 29.4 Å². The standard InChI is InChI=1S/C11H12ClN3O3S/c1-18-9-5-2-8(3-6-9)4-7-10-13-11(15-14-10)19(12,16)17/h2-3,5-6H,4,7H2,1H3,(H,13,14,15). The number of nitrogens with one attached hydrogen (secondary N) is 1. The molecule has 102 valence electrons. The predicted molar refractivity (Wildman–Crippen MR) is 69.8 cm³/mol. The summed E-state index contributed by atoms with van der Waals surface area (Å²) in [4.78, 5) is 3.82. The molecule has 8 heteroatoms. The molecule has 2 rings (SSSR count). The highest BCUT2D eigenvalue weighted by atomic mass is 35.7. The fraction of sp³-hybridized carbons (Fsp3) is 0.273. The number of ether oxygens (including phenoxy) is 1. The number of rotatable bonds is 5. The van der Waals surface area contributed by atoms with Gasteiger partial charge in [-0.2, -0.15) is 0 Å². The van der Waals surface area contributed by atoms with Crippen LogP contribution in [-0.4, -0.2) is 30.7 Å². The van der Waals surface area contributed by atoms with Crippen molar-refractivity contribution in [2.75, 3.05) is 7.11 Å². The lowest BCUT2D eigenvalue weighted by molar-refractivity contribution is 0.414. The summed E-state index contributed by atoms with van der Waals surface area (Å²) in [7, 11) is 2.87. The van der Waals surface area contributed by atoms with Crippen molar-refractivity contribution in [3.05, 3.63) is 35.7 Å². The van der Waals surface area contributed by atoms with Crippen LogP contribution >= 0.6 is 10.7 Å². The summed E-state index contributed by atoms with van der Waals surface area (Å²) in [6, 6.07) is 7.61. The van der Waals surface area contributed by atoms with Gasteiger partial charge in [0, 0.05) is 17.1 Å². The quantitative estimate of drug-likeness (QED) is 0.846. The summed E-state index contributed by atoms with van der Waals surface area (Å²) < 4.78 is 27.1. The Labute approximate surface area is 115 Å². The molecule has 19 heavy (non-hydrogen) atoms. The Morgan fingerprint density at radius 3 is 2.47 bits per heavy atom. The van der Waals surface area contributed by atoms with Crippen LogP contribution in [0, 0.1) is 0 Å². The van der Waals surface area contributed by atoms with Crippen molar-refractivity contribution >= 4 is 19.7 Å². The molecule has 0 radical (unpaired) electrons. The van der Waals surface area contributed by atoms with Gasteiger partial charge in [-0.25, -0.2) is 13.4 Å². The fourth-order valence-electron chi connectivity index (χ4n) is 1.55. The number of hydrogen-bond acceptors (Lipinski definition) is 5. The second-order valence-corrected chi connectivity index (χ2v) is 6.31. The SMILES string of the molecule is COc1ccc(CCc2nc(S(=O)(=O)Cl)n[nH]2)cc1. The van der Waals surface area contributed by atoms with Crippen molar-refractivity contribution in [1.82, 2.24) is 15.2 Å². The lowest BCUT2D eigenvalue weighted by Gasteiger charge is -2.01. The smallest absolute Gasteiger partial charge is 0.298 e. The molecule has 0 aliphatic carbocycles. The maximum Gasteiger partial charge on any atom is 0.298 e. The average Bonchev–Trinajstić information content (AvgIpc) is 2.86. The van der Waals surface area contributed by atoms with E-state index < -0.39 is 9.05 Å². The number of H-pyrrole nitrogens is 1. The normalized spacial score (nSPS) is 11.5. The number of aryl methyl sites for hydroxylation is 2. The maximum atomic E-state index is 11.0. The topological polar surface area (TPSA) is 84.9 Å². The van der Waals surface area contributed by atoms with Gasteiger partial charge in [0.25, 0.3) is 14.2 Å². The number of aromatic nitrogens is 3. The first-order chi connectivity index (χ1) is 8.99. The van der Waals surface area contributed by atoms with Crippen molar-refractivity contribution in [3.63, 3.8) is 0 Å². The van der Waals surface area contributed by atoms with Crippen LogP contribution in [0.25, 0.3) is 0 Å². The van der Waals surface area contributed by atoms with Crippen LogP contribution < -0.4 is 4.74 Å². The van der Waals surface area contributed by atoms with Gasteiger partial charge in [0.15, 0.2) is 0 Å². The summed E-state index contributed by atoms with van der Waals surface area (Å²) in [6.07, 6.45) is 1.26. The molecule has 1 aromatic carbocycles. The highest BCUT2D eigenvalue weighted by molar-refractivity contribution is 8.13. The van der Waals surface area contributed by atoms with Gasteiger partial charge >= 0.3 is 0 Å². The Balaban J connectivity index is 2.00. The molecule has 1 aromatic heterocycles. The van der Waals surface area contributed by atoms with Gasteiger partial charge < -0.3 is 4.74 Å². The van der Waals surface area contributed by atoms with E-state index in [0.717, 1.165) is 11.3 Å². The number of methoxy groups -OCH3 is 1. The van der Waals surface area contributed by atoms with Crippen LogP contribution in [0.2, 0.25) is 0 Å². The second-order valence-electron chi connectivity index (χ2n) is 3.85. The molecule has 0 aliphatic heterocycles. The molecule has 0 saturated carbocycles. The van der Waals surface area contributed by atoms with Crippen molar-refractivity contribution in [2.45, 2.75) is 18.0 Å². The first-order valence-electron chi connectivity index (χ1n) is 5.48. The third-order valence-corrected chi connectivity index (χ3v) is 3.57. The van der Waals surface area contributed by atoms with E-state index in [2.05, 4.69) is 15.2 Å². The number of nitrogens with zero attached hydrogens (tertiary/aromatic N) is 2. The molecule has 0 unspecified atom stereocenters. The molecule has 6 nitrogen and oxygen atoms in total. The summed E-state index contributed by atoms with van der Waals surface area (Å²) in [6.45, 7) is 0. The molecule has 0 spiro atoms. The zero-order chi connectivity index (χ0) is 13.9. The Bertz CT molecular complexity index is 652. The molecule has 0 atom stereocenters. The largest absolute Gasteiger partial charge is 0.497 e. The van der Waals surface area contributed by atoms with Crippen molar-refractivity contribution < 1.29 is 13.2 Å². The molecular weight excluding hydrogens is 290 g/mol. The van der Waals surface area contributed by atoms with Gasteiger partial charge in [-0.05, 0) is 24.1 Å². The third kappa shape index (κ3) is 3.68. The Morgan fingerprint density at radius 1 is 1.26 bits per heavy atom. The van der Waals surface area contributed by atoms with Gasteiger partial charge in [-0.15, -0.1) is 5.10 Å². The Hall–Kier alpha value is -1.60. The van der Waals surface area contributed by atoms with Crippen LogP contribution in [0.5, 0.6) is 5.75 Å². The molecule has 0 bridgehead atoms. The fourth-order valence-corrected chi connectivity index (χ4v) is 2.13. The second kappa shape index (κ2) is 5.58. The van der Waals surface area contributed by atoms with Crippen LogP contribution in [-0.2, 0) is 21.9 Å². The molecule has 0 amide bonds. The van der Waals surface area contributed by atoms with Crippen molar-refractivity contribution in [3.8, 4) is 5.75 Å². The lowest BCUT2D eigenvalue weighted by Crippen LogP contribution is -1.95. The van der Waals surface area contributed by atoms with Crippen LogP contribution in [0.1, 0.15) is 11.4 Å². The number of halogens is 1. The predicted octanol–water partition coefficient (Wildman–Crippen LogP) is 1.53. The minimum atomic E-state index is -3.87. The summed E-state index contributed by atoms with van der Waals surface area (Å²) in [5.41, 5.74) is 1.09.